The van der Waals surface area contributed by atoms with Crippen LogP contribution in [-0.4, -0.2) is 32.7 Å². The standard InChI is InChI=1S/C11H12N6OS/c12-3-1-2-9-4-10(19-7-9)5-13-11(18)6-17-8-14-15-16-17/h4,7-8H,3,5-6,12H2,(H,13,18). The summed E-state index contributed by atoms with van der Waals surface area (Å²) in [6.07, 6.45) is 1.39. The molecule has 2 aromatic rings. The molecule has 0 aromatic carbocycles. The summed E-state index contributed by atoms with van der Waals surface area (Å²) in [7, 11) is 0. The number of carbonyl (C=O) groups is 1. The van der Waals surface area contributed by atoms with E-state index in [-0.39, 0.29) is 12.5 Å². The number of amides is 1. The molecule has 1 amide bonds. The van der Waals surface area contributed by atoms with Crippen LogP contribution in [0.15, 0.2) is 17.8 Å². The van der Waals surface area contributed by atoms with E-state index in [1.54, 1.807) is 11.3 Å². The molecule has 0 saturated heterocycles. The topological polar surface area (TPSA) is 98.7 Å². The number of nitrogens with one attached hydrogen (secondary N) is 1. The van der Waals surface area contributed by atoms with E-state index in [0.29, 0.717) is 13.1 Å². The molecule has 0 unspecified atom stereocenters. The average Bonchev–Trinajstić information content (AvgIpc) is 3.05. The van der Waals surface area contributed by atoms with Crippen LogP contribution < -0.4 is 11.1 Å². The summed E-state index contributed by atoms with van der Waals surface area (Å²) < 4.78 is 1.36. The van der Waals surface area contributed by atoms with Crippen molar-refractivity contribution in [2.75, 3.05) is 6.54 Å². The van der Waals surface area contributed by atoms with Gasteiger partial charge in [0.15, 0.2) is 0 Å². The molecular weight excluding hydrogens is 264 g/mol. The second-order valence-corrected chi connectivity index (χ2v) is 4.59. The van der Waals surface area contributed by atoms with Gasteiger partial charge in [-0.1, -0.05) is 11.8 Å². The molecule has 7 nitrogen and oxygen atoms in total. The average molecular weight is 276 g/mol. The highest BCUT2D eigenvalue weighted by Crippen LogP contribution is 2.13. The summed E-state index contributed by atoms with van der Waals surface area (Å²) in [6.45, 7) is 0.919. The second kappa shape index (κ2) is 6.63. The van der Waals surface area contributed by atoms with E-state index in [2.05, 4.69) is 32.7 Å². The van der Waals surface area contributed by atoms with Gasteiger partial charge in [0, 0.05) is 15.8 Å². The van der Waals surface area contributed by atoms with Crippen molar-refractivity contribution in [3.8, 4) is 11.8 Å². The monoisotopic (exact) mass is 276 g/mol. The summed E-state index contributed by atoms with van der Waals surface area (Å²) in [5, 5.41) is 15.3. The van der Waals surface area contributed by atoms with Crippen molar-refractivity contribution in [3.05, 3.63) is 28.2 Å². The molecular formula is C11H12N6OS. The van der Waals surface area contributed by atoms with Crippen LogP contribution in [0.1, 0.15) is 10.4 Å². The Labute approximate surface area is 113 Å². The first-order valence-corrected chi connectivity index (χ1v) is 6.39. The van der Waals surface area contributed by atoms with Crippen molar-refractivity contribution in [3.63, 3.8) is 0 Å². The van der Waals surface area contributed by atoms with Crippen LogP contribution >= 0.6 is 11.3 Å². The third-order valence-electron chi connectivity index (χ3n) is 2.15. The molecule has 8 heteroatoms. The van der Waals surface area contributed by atoms with E-state index in [4.69, 9.17) is 5.73 Å². The number of aromatic nitrogens is 4. The van der Waals surface area contributed by atoms with Crippen LogP contribution in [0.2, 0.25) is 0 Å². The normalized spacial score (nSPS) is 9.74. The van der Waals surface area contributed by atoms with Gasteiger partial charge in [-0.2, -0.15) is 0 Å². The second-order valence-electron chi connectivity index (χ2n) is 3.59. The third kappa shape index (κ3) is 4.17. The first kappa shape index (κ1) is 13.2. The highest BCUT2D eigenvalue weighted by atomic mass is 32.1. The van der Waals surface area contributed by atoms with Crippen molar-refractivity contribution in [1.82, 2.24) is 25.5 Å². The number of nitrogens with two attached hydrogens (primary N) is 1. The number of thiophene rings is 1. The summed E-state index contributed by atoms with van der Waals surface area (Å²) in [4.78, 5) is 12.6. The minimum atomic E-state index is -0.143. The van der Waals surface area contributed by atoms with Crippen LogP contribution in [0.25, 0.3) is 0 Å². The lowest BCUT2D eigenvalue weighted by Gasteiger charge is -2.02. The van der Waals surface area contributed by atoms with E-state index < -0.39 is 0 Å². The van der Waals surface area contributed by atoms with Crippen molar-refractivity contribution >= 4 is 17.2 Å². The van der Waals surface area contributed by atoms with E-state index in [9.17, 15) is 4.79 Å². The fraction of sp³-hybridized carbons (Fsp3) is 0.273. The SMILES string of the molecule is NCC#Cc1csc(CNC(=O)Cn2cnnn2)c1. The van der Waals surface area contributed by atoms with Gasteiger partial charge in [0.1, 0.15) is 12.9 Å². The van der Waals surface area contributed by atoms with Crippen LogP contribution in [0, 0.1) is 11.8 Å². The Kier molecular flexibility index (Phi) is 4.60. The third-order valence-corrected chi connectivity index (χ3v) is 3.08. The Balaban J connectivity index is 1.81. The number of hydrogen-bond acceptors (Lipinski definition) is 6. The molecule has 2 rings (SSSR count). The molecule has 2 heterocycles. The van der Waals surface area contributed by atoms with Gasteiger partial charge in [0.25, 0.3) is 0 Å². The largest absolute Gasteiger partial charge is 0.350 e. The number of nitrogens with zero attached hydrogens (tertiary/aromatic N) is 4. The lowest BCUT2D eigenvalue weighted by Crippen LogP contribution is -2.27. The van der Waals surface area contributed by atoms with Crippen molar-refractivity contribution < 1.29 is 4.79 Å². The molecule has 0 aliphatic carbocycles. The summed E-state index contributed by atoms with van der Waals surface area (Å²) in [6, 6.07) is 1.94. The quantitative estimate of drug-likeness (QED) is 0.724. The molecule has 0 radical (unpaired) electrons. The Bertz CT molecular complexity index is 594. The minimum Gasteiger partial charge on any atom is -0.350 e. The molecule has 0 spiro atoms. The van der Waals surface area contributed by atoms with Crippen molar-refractivity contribution in [1.29, 1.82) is 0 Å². The first-order valence-electron chi connectivity index (χ1n) is 5.52. The highest BCUT2D eigenvalue weighted by molar-refractivity contribution is 7.10. The van der Waals surface area contributed by atoms with Crippen LogP contribution in [0.3, 0.4) is 0 Å². The maximum Gasteiger partial charge on any atom is 0.242 e. The van der Waals surface area contributed by atoms with E-state index in [1.807, 2.05) is 11.4 Å². The van der Waals surface area contributed by atoms with Crippen LogP contribution in [0.5, 0.6) is 0 Å². The molecule has 0 bridgehead atoms. The number of tetrazole rings is 1. The summed E-state index contributed by atoms with van der Waals surface area (Å²) in [5.74, 6) is 5.58. The number of hydrogen-bond donors (Lipinski definition) is 2. The number of rotatable bonds is 4. The highest BCUT2D eigenvalue weighted by Gasteiger charge is 2.04. The predicted octanol–water partition coefficient (Wildman–Crippen LogP) is -0.639. The molecule has 0 aliphatic heterocycles. The minimum absolute atomic E-state index is 0.109. The van der Waals surface area contributed by atoms with Crippen molar-refractivity contribution in [2.24, 2.45) is 5.73 Å². The van der Waals surface area contributed by atoms with E-state index in [0.717, 1.165) is 10.4 Å². The van der Waals surface area contributed by atoms with Gasteiger partial charge in [-0.05, 0) is 16.5 Å². The predicted molar refractivity (Wildman–Crippen MR) is 69.9 cm³/mol. The first-order chi connectivity index (χ1) is 9.28. The molecule has 0 fully saturated rings. The van der Waals surface area contributed by atoms with Gasteiger partial charge in [-0.25, -0.2) is 4.68 Å². The molecule has 0 atom stereocenters. The fourth-order valence-electron chi connectivity index (χ4n) is 1.33. The van der Waals surface area contributed by atoms with Gasteiger partial charge in [-0.3, -0.25) is 4.79 Å². The van der Waals surface area contributed by atoms with E-state index >= 15 is 0 Å². The lowest BCUT2D eigenvalue weighted by atomic mass is 10.3. The van der Waals surface area contributed by atoms with Gasteiger partial charge in [-0.15, -0.1) is 16.4 Å². The Morgan fingerprint density at radius 2 is 2.47 bits per heavy atom. The van der Waals surface area contributed by atoms with Crippen LogP contribution in [-0.2, 0) is 17.9 Å². The Morgan fingerprint density at radius 3 is 3.21 bits per heavy atom. The Hall–Kier alpha value is -2.24. The zero-order chi connectivity index (χ0) is 13.5. The maximum atomic E-state index is 11.6. The van der Waals surface area contributed by atoms with Crippen molar-refractivity contribution in [2.45, 2.75) is 13.1 Å². The van der Waals surface area contributed by atoms with Gasteiger partial charge in [0.05, 0.1) is 13.1 Å². The van der Waals surface area contributed by atoms with Gasteiger partial charge in [0.2, 0.25) is 5.91 Å². The summed E-state index contributed by atoms with van der Waals surface area (Å²) >= 11 is 1.54. The molecule has 19 heavy (non-hydrogen) atoms. The molecule has 0 aliphatic rings. The molecule has 3 N–H and O–H groups in total. The Morgan fingerprint density at radius 1 is 1.58 bits per heavy atom. The zero-order valence-electron chi connectivity index (χ0n) is 10.0. The molecule has 2 aromatic heterocycles. The zero-order valence-corrected chi connectivity index (χ0v) is 10.9. The maximum absolute atomic E-state index is 11.6. The van der Waals surface area contributed by atoms with E-state index in [1.165, 1.54) is 11.0 Å². The number of carbonyl (C=O) groups excluding carboxylic acids is 1. The smallest absolute Gasteiger partial charge is 0.242 e. The summed E-state index contributed by atoms with van der Waals surface area (Å²) in [5.41, 5.74) is 6.22. The van der Waals surface area contributed by atoms with Gasteiger partial charge >= 0.3 is 0 Å². The van der Waals surface area contributed by atoms with Crippen LogP contribution in [0.4, 0.5) is 0 Å². The molecule has 98 valence electrons. The lowest BCUT2D eigenvalue weighted by molar-refractivity contribution is -0.122. The van der Waals surface area contributed by atoms with Gasteiger partial charge < -0.3 is 11.1 Å². The fourth-order valence-corrected chi connectivity index (χ4v) is 2.09. The molecule has 0 saturated carbocycles.